The molecule has 0 heterocycles. The number of allylic oxidation sites excluding steroid dienone is 1. The van der Waals surface area contributed by atoms with E-state index in [1.54, 1.807) is 6.08 Å². The number of hydrogen-bond acceptors (Lipinski definition) is 3. The van der Waals surface area contributed by atoms with Gasteiger partial charge >= 0.3 is 5.97 Å². The molecule has 1 rings (SSSR count). The molecule has 0 fully saturated rings. The van der Waals surface area contributed by atoms with E-state index < -0.39 is 6.04 Å². The van der Waals surface area contributed by atoms with Gasteiger partial charge in [-0.3, -0.25) is 4.79 Å². The molecule has 0 radical (unpaired) electrons. The van der Waals surface area contributed by atoms with Crippen LogP contribution in [0.15, 0.2) is 43.0 Å². The Morgan fingerprint density at radius 2 is 2.06 bits per heavy atom. The molecule has 2 N–H and O–H groups in total. The average molecular weight is 256 g/mol. The Hall–Kier alpha value is -1.32. The summed E-state index contributed by atoms with van der Waals surface area (Å²) in [6.45, 7) is 3.86. The molecule has 0 unspecified atom stereocenters. The summed E-state index contributed by atoms with van der Waals surface area (Å²) in [5.74, 6) is -0.356. The van der Waals surface area contributed by atoms with Crippen LogP contribution in [-0.2, 0) is 16.1 Å². The van der Waals surface area contributed by atoms with Crippen LogP contribution in [0.5, 0.6) is 0 Å². The third kappa shape index (κ3) is 6.09. The second-order valence-corrected chi connectivity index (χ2v) is 3.57. The van der Waals surface area contributed by atoms with E-state index in [1.807, 2.05) is 30.3 Å². The lowest BCUT2D eigenvalue weighted by Crippen LogP contribution is -2.31. The van der Waals surface area contributed by atoms with Gasteiger partial charge in [-0.1, -0.05) is 36.4 Å². The highest BCUT2D eigenvalue weighted by atomic mass is 35.5. The van der Waals surface area contributed by atoms with Gasteiger partial charge in [0.15, 0.2) is 0 Å². The van der Waals surface area contributed by atoms with Gasteiger partial charge in [-0.05, 0) is 18.4 Å². The van der Waals surface area contributed by atoms with Crippen molar-refractivity contribution < 1.29 is 9.53 Å². The van der Waals surface area contributed by atoms with Crippen molar-refractivity contribution in [1.82, 2.24) is 0 Å². The van der Waals surface area contributed by atoms with Gasteiger partial charge in [0.2, 0.25) is 0 Å². The van der Waals surface area contributed by atoms with Crippen LogP contribution in [0, 0.1) is 0 Å². The maximum absolute atomic E-state index is 11.4. The summed E-state index contributed by atoms with van der Waals surface area (Å²) in [5, 5.41) is 0. The molecule has 1 aromatic rings. The Balaban J connectivity index is 0.00000256. The predicted molar refractivity (Wildman–Crippen MR) is 70.9 cm³/mol. The van der Waals surface area contributed by atoms with Gasteiger partial charge in [0.05, 0.1) is 0 Å². The van der Waals surface area contributed by atoms with Crippen LogP contribution in [-0.4, -0.2) is 12.0 Å². The van der Waals surface area contributed by atoms with E-state index in [0.717, 1.165) is 12.0 Å². The quantitative estimate of drug-likeness (QED) is 0.628. The minimum Gasteiger partial charge on any atom is -0.460 e. The van der Waals surface area contributed by atoms with E-state index in [-0.39, 0.29) is 25.0 Å². The standard InChI is InChI=1S/C13H17NO2.ClH/c1-2-3-9-12(14)13(15)16-10-11-7-5-4-6-8-11;/h2,4-8,12H,1,3,9-10,14H2;1H/t12-;/m0./s1. The number of ether oxygens (including phenoxy) is 1. The zero-order chi connectivity index (χ0) is 11.8. The maximum atomic E-state index is 11.4. The lowest BCUT2D eigenvalue weighted by Gasteiger charge is -2.10. The van der Waals surface area contributed by atoms with Crippen molar-refractivity contribution in [2.75, 3.05) is 0 Å². The minimum atomic E-state index is -0.554. The number of carbonyl (C=O) groups is 1. The fraction of sp³-hybridized carbons (Fsp3) is 0.308. The molecule has 0 saturated carbocycles. The minimum absolute atomic E-state index is 0. The Morgan fingerprint density at radius 3 is 2.65 bits per heavy atom. The van der Waals surface area contributed by atoms with Crippen molar-refractivity contribution in [3.63, 3.8) is 0 Å². The molecule has 0 bridgehead atoms. The molecule has 0 saturated heterocycles. The van der Waals surface area contributed by atoms with Gasteiger partial charge in [-0.2, -0.15) is 0 Å². The highest BCUT2D eigenvalue weighted by Crippen LogP contribution is 2.03. The summed E-state index contributed by atoms with van der Waals surface area (Å²) in [6, 6.07) is 8.98. The Labute approximate surface area is 108 Å². The molecular formula is C13H18ClNO2. The monoisotopic (exact) mass is 255 g/mol. The number of carbonyl (C=O) groups excluding carboxylic acids is 1. The average Bonchev–Trinajstić information content (AvgIpc) is 2.34. The summed E-state index contributed by atoms with van der Waals surface area (Å²) in [6.07, 6.45) is 3.04. The highest BCUT2D eigenvalue weighted by molar-refractivity contribution is 5.85. The second-order valence-electron chi connectivity index (χ2n) is 3.57. The van der Waals surface area contributed by atoms with Gasteiger partial charge in [-0.15, -0.1) is 19.0 Å². The maximum Gasteiger partial charge on any atom is 0.323 e. The summed E-state index contributed by atoms with van der Waals surface area (Å²) >= 11 is 0. The van der Waals surface area contributed by atoms with E-state index in [4.69, 9.17) is 10.5 Å². The number of nitrogens with two attached hydrogens (primary N) is 1. The smallest absolute Gasteiger partial charge is 0.323 e. The third-order valence-corrected chi connectivity index (χ3v) is 2.21. The molecule has 1 atom stereocenters. The second kappa shape index (κ2) is 8.79. The van der Waals surface area contributed by atoms with E-state index >= 15 is 0 Å². The SMILES string of the molecule is C=CCC[C@H](N)C(=O)OCc1ccccc1.Cl. The highest BCUT2D eigenvalue weighted by Gasteiger charge is 2.13. The molecule has 0 aromatic heterocycles. The zero-order valence-corrected chi connectivity index (χ0v) is 10.5. The van der Waals surface area contributed by atoms with Crippen molar-refractivity contribution in [2.45, 2.75) is 25.5 Å². The van der Waals surface area contributed by atoms with Gasteiger partial charge in [0, 0.05) is 0 Å². The van der Waals surface area contributed by atoms with E-state index in [1.165, 1.54) is 0 Å². The van der Waals surface area contributed by atoms with Crippen LogP contribution in [0.3, 0.4) is 0 Å². The van der Waals surface area contributed by atoms with Crippen molar-refractivity contribution in [1.29, 1.82) is 0 Å². The Kier molecular flexibility index (Phi) is 8.11. The molecule has 3 nitrogen and oxygen atoms in total. The number of halogens is 1. The first-order chi connectivity index (χ1) is 7.74. The van der Waals surface area contributed by atoms with Crippen molar-refractivity contribution in [3.8, 4) is 0 Å². The Morgan fingerprint density at radius 1 is 1.41 bits per heavy atom. The first-order valence-electron chi connectivity index (χ1n) is 5.31. The molecule has 0 aliphatic heterocycles. The lowest BCUT2D eigenvalue weighted by molar-refractivity contribution is -0.146. The van der Waals surface area contributed by atoms with Gasteiger partial charge < -0.3 is 10.5 Å². The summed E-state index contributed by atoms with van der Waals surface area (Å²) in [7, 11) is 0. The third-order valence-electron chi connectivity index (χ3n) is 2.21. The van der Waals surface area contributed by atoms with Crippen molar-refractivity contribution >= 4 is 18.4 Å². The van der Waals surface area contributed by atoms with Gasteiger partial charge in [0.25, 0.3) is 0 Å². The molecule has 0 spiro atoms. The molecule has 4 heteroatoms. The summed E-state index contributed by atoms with van der Waals surface area (Å²) in [5.41, 5.74) is 6.61. The molecule has 0 amide bonds. The number of esters is 1. The van der Waals surface area contributed by atoms with Crippen LogP contribution in [0.2, 0.25) is 0 Å². The summed E-state index contributed by atoms with van der Waals surface area (Å²) < 4.78 is 5.09. The van der Waals surface area contributed by atoms with Crippen LogP contribution < -0.4 is 5.73 Å². The van der Waals surface area contributed by atoms with E-state index in [2.05, 4.69) is 6.58 Å². The first-order valence-corrected chi connectivity index (χ1v) is 5.31. The Bertz CT molecular complexity index is 341. The summed E-state index contributed by atoms with van der Waals surface area (Å²) in [4.78, 5) is 11.4. The molecule has 0 aliphatic rings. The van der Waals surface area contributed by atoms with E-state index in [0.29, 0.717) is 6.42 Å². The van der Waals surface area contributed by atoms with Crippen LogP contribution in [0.4, 0.5) is 0 Å². The fourth-order valence-electron chi connectivity index (χ4n) is 1.25. The topological polar surface area (TPSA) is 52.3 Å². The number of benzene rings is 1. The molecular weight excluding hydrogens is 238 g/mol. The van der Waals surface area contributed by atoms with Crippen LogP contribution in [0.25, 0.3) is 0 Å². The number of rotatable bonds is 6. The zero-order valence-electron chi connectivity index (χ0n) is 9.67. The number of hydrogen-bond donors (Lipinski definition) is 1. The van der Waals surface area contributed by atoms with Crippen molar-refractivity contribution in [3.05, 3.63) is 48.6 Å². The lowest BCUT2D eigenvalue weighted by atomic mass is 10.2. The van der Waals surface area contributed by atoms with Gasteiger partial charge in [0.1, 0.15) is 12.6 Å². The normalized spacial score (nSPS) is 11.1. The van der Waals surface area contributed by atoms with Gasteiger partial charge in [-0.25, -0.2) is 0 Å². The van der Waals surface area contributed by atoms with Crippen LogP contribution in [0.1, 0.15) is 18.4 Å². The fourth-order valence-corrected chi connectivity index (χ4v) is 1.25. The predicted octanol–water partition coefficient (Wildman–Crippen LogP) is 2.45. The van der Waals surface area contributed by atoms with Crippen LogP contribution >= 0.6 is 12.4 Å². The first kappa shape index (κ1) is 15.7. The molecule has 17 heavy (non-hydrogen) atoms. The largest absolute Gasteiger partial charge is 0.460 e. The molecule has 0 aliphatic carbocycles. The molecule has 94 valence electrons. The molecule has 1 aromatic carbocycles. The van der Waals surface area contributed by atoms with E-state index in [9.17, 15) is 4.79 Å². The van der Waals surface area contributed by atoms with Crippen molar-refractivity contribution in [2.24, 2.45) is 5.73 Å².